The second-order valence-corrected chi connectivity index (χ2v) is 5.82. The van der Waals surface area contributed by atoms with Crippen molar-refractivity contribution in [2.24, 2.45) is 0 Å². The molecule has 2 aromatic rings. The first-order chi connectivity index (χ1) is 9.58. The van der Waals surface area contributed by atoms with E-state index in [-0.39, 0.29) is 38.3 Å². The first-order valence-corrected chi connectivity index (χ1v) is 7.90. The average molecular weight is 489 g/mol. The van der Waals surface area contributed by atoms with Crippen LogP contribution in [0.3, 0.4) is 0 Å². The second-order valence-electron chi connectivity index (χ2n) is 4.11. The minimum Gasteiger partial charge on any atom is -0.494 e. The van der Waals surface area contributed by atoms with Gasteiger partial charge in [-0.2, -0.15) is 12.1 Å². The largest absolute Gasteiger partial charge is 0.494 e. The van der Waals surface area contributed by atoms with Crippen LogP contribution in [0.4, 0.5) is 0 Å². The summed E-state index contributed by atoms with van der Waals surface area (Å²) < 4.78 is 8.54. The first kappa shape index (κ1) is 19.1. The van der Waals surface area contributed by atoms with Gasteiger partial charge < -0.3 is 9.30 Å². The molecule has 0 bridgehead atoms. The Morgan fingerprint density at radius 2 is 1.95 bits per heavy atom. The van der Waals surface area contributed by atoms with Crippen molar-refractivity contribution in [3.8, 4) is 17.0 Å². The fourth-order valence-electron chi connectivity index (χ4n) is 1.97. The van der Waals surface area contributed by atoms with Crippen LogP contribution in [0.15, 0.2) is 38.0 Å². The quantitative estimate of drug-likeness (QED) is 0.602. The van der Waals surface area contributed by atoms with Crippen molar-refractivity contribution in [3.05, 3.63) is 49.6 Å². The van der Waals surface area contributed by atoms with E-state index in [0.29, 0.717) is 17.6 Å². The van der Waals surface area contributed by atoms with Crippen molar-refractivity contribution in [3.63, 3.8) is 0 Å². The van der Waals surface area contributed by atoms with Crippen LogP contribution in [0.2, 0.25) is 0 Å². The zero-order chi connectivity index (χ0) is 14.7. The molecule has 109 valence electrons. The molecule has 3 nitrogen and oxygen atoms in total. The maximum absolute atomic E-state index is 12.1. The van der Waals surface area contributed by atoms with Gasteiger partial charge in [-0.25, -0.2) is 0 Å². The number of ether oxygens (including phenoxy) is 1. The van der Waals surface area contributed by atoms with E-state index >= 15 is 0 Å². The van der Waals surface area contributed by atoms with Crippen molar-refractivity contribution in [2.75, 3.05) is 6.61 Å². The molecule has 0 fully saturated rings. The molecule has 0 spiro atoms. The van der Waals surface area contributed by atoms with E-state index < -0.39 is 0 Å². The average Bonchev–Trinajstić information content (AvgIpc) is 2.43. The van der Waals surface area contributed by atoms with E-state index in [0.717, 1.165) is 21.5 Å². The molecule has 21 heavy (non-hydrogen) atoms. The minimum atomic E-state index is -0.0537. The van der Waals surface area contributed by atoms with E-state index in [1.165, 1.54) is 0 Å². The van der Waals surface area contributed by atoms with E-state index in [9.17, 15) is 4.79 Å². The Hall–Kier alpha value is 0.0339. The summed E-state index contributed by atoms with van der Waals surface area (Å²) in [6.07, 6.45) is 0. The Morgan fingerprint density at radius 1 is 1.24 bits per heavy atom. The SMILES string of the molecule is CCOc1ccc(-c2[c-]cc(Br)c(=O)n2CC)c(Br)c1.[Y]. The third kappa shape index (κ3) is 4.28. The molecule has 1 aromatic carbocycles. The van der Waals surface area contributed by atoms with Crippen LogP contribution in [0.25, 0.3) is 11.3 Å². The molecule has 0 aliphatic rings. The molecule has 1 heterocycles. The van der Waals surface area contributed by atoms with Gasteiger partial charge in [0.05, 0.1) is 6.61 Å². The second kappa shape index (κ2) is 8.61. The Bertz CT molecular complexity index is 686. The van der Waals surface area contributed by atoms with Gasteiger partial charge in [-0.3, -0.25) is 4.79 Å². The zero-order valence-electron chi connectivity index (χ0n) is 11.8. The number of rotatable bonds is 4. The number of halogens is 2. The van der Waals surface area contributed by atoms with Crippen LogP contribution in [0.5, 0.6) is 5.75 Å². The summed E-state index contributed by atoms with van der Waals surface area (Å²) >= 11 is 6.78. The predicted molar refractivity (Wildman–Crippen MR) is 87.2 cm³/mol. The summed E-state index contributed by atoms with van der Waals surface area (Å²) in [5.41, 5.74) is 1.62. The summed E-state index contributed by atoms with van der Waals surface area (Å²) in [5.74, 6) is 0.797. The molecule has 0 aliphatic carbocycles. The summed E-state index contributed by atoms with van der Waals surface area (Å²) in [7, 11) is 0. The van der Waals surface area contributed by atoms with Gasteiger partial charge in [-0.1, -0.05) is 27.2 Å². The molecule has 0 atom stereocenters. The number of hydrogen-bond acceptors (Lipinski definition) is 2. The molecular weight excluding hydrogens is 475 g/mol. The zero-order valence-corrected chi connectivity index (χ0v) is 17.8. The van der Waals surface area contributed by atoms with Gasteiger partial charge in [0.15, 0.2) is 0 Å². The van der Waals surface area contributed by atoms with Crippen LogP contribution < -0.4 is 10.3 Å². The number of hydrogen-bond donors (Lipinski definition) is 0. The molecule has 0 aliphatic heterocycles. The number of benzene rings is 1. The summed E-state index contributed by atoms with van der Waals surface area (Å²) in [5, 5.41) is 0. The molecular formula is C15H14Br2NO2Y-. The standard InChI is InChI=1S/C15H14Br2NO2.Y/c1-3-18-14(8-7-12(16)15(18)19)11-6-5-10(20-4-2)9-13(11)17;/h5-7,9H,3-4H2,1-2H3;/q-1;. The van der Waals surface area contributed by atoms with Gasteiger partial charge in [-0.05, 0) is 34.9 Å². The third-order valence-corrected chi connectivity index (χ3v) is 4.10. The molecule has 0 amide bonds. The normalized spacial score (nSPS) is 10.1. The number of nitrogens with zero attached hydrogens (tertiary/aromatic N) is 1. The van der Waals surface area contributed by atoms with Crippen LogP contribution in [0.1, 0.15) is 13.8 Å². The van der Waals surface area contributed by atoms with Crippen molar-refractivity contribution < 1.29 is 37.4 Å². The number of pyridine rings is 1. The van der Waals surface area contributed by atoms with Gasteiger partial charge in [0.1, 0.15) is 5.75 Å². The fraction of sp³-hybridized carbons (Fsp3) is 0.267. The summed E-state index contributed by atoms with van der Waals surface area (Å²) in [6.45, 7) is 5.09. The first-order valence-electron chi connectivity index (χ1n) is 6.32. The Kier molecular flexibility index (Phi) is 7.82. The van der Waals surface area contributed by atoms with Crippen molar-refractivity contribution in [2.45, 2.75) is 20.4 Å². The summed E-state index contributed by atoms with van der Waals surface area (Å²) in [6, 6.07) is 10.5. The predicted octanol–water partition coefficient (Wildman–Crippen LogP) is 4.26. The Balaban J connectivity index is 0.00000220. The smallest absolute Gasteiger partial charge is 0.208 e. The van der Waals surface area contributed by atoms with Crippen molar-refractivity contribution in [1.82, 2.24) is 4.57 Å². The molecule has 0 saturated carbocycles. The molecule has 2 rings (SSSR count). The molecule has 6 heteroatoms. The fourth-order valence-corrected chi connectivity index (χ4v) is 2.85. The monoisotopic (exact) mass is 487 g/mol. The van der Waals surface area contributed by atoms with Crippen molar-refractivity contribution >= 4 is 31.9 Å². The van der Waals surface area contributed by atoms with Gasteiger partial charge in [-0.15, -0.1) is 22.0 Å². The van der Waals surface area contributed by atoms with Gasteiger partial charge in [0.2, 0.25) is 5.56 Å². The van der Waals surface area contributed by atoms with E-state index in [1.54, 1.807) is 10.6 Å². The molecule has 0 saturated heterocycles. The maximum Gasteiger partial charge on any atom is 0.208 e. The third-order valence-electron chi connectivity index (χ3n) is 2.88. The van der Waals surface area contributed by atoms with Crippen LogP contribution in [-0.4, -0.2) is 11.2 Å². The topological polar surface area (TPSA) is 31.2 Å². The van der Waals surface area contributed by atoms with Gasteiger partial charge in [0.25, 0.3) is 0 Å². The molecule has 0 N–H and O–H groups in total. The maximum atomic E-state index is 12.1. The molecule has 0 unspecified atom stereocenters. The van der Waals surface area contributed by atoms with Gasteiger partial charge in [0, 0.05) is 39.3 Å². The van der Waals surface area contributed by atoms with Crippen molar-refractivity contribution in [1.29, 1.82) is 0 Å². The summed E-state index contributed by atoms with van der Waals surface area (Å²) in [4.78, 5) is 12.1. The minimum absolute atomic E-state index is 0. The van der Waals surface area contributed by atoms with E-state index in [1.807, 2.05) is 32.0 Å². The molecule has 1 aromatic heterocycles. The van der Waals surface area contributed by atoms with Crippen LogP contribution >= 0.6 is 31.9 Å². The van der Waals surface area contributed by atoms with Gasteiger partial charge >= 0.3 is 0 Å². The number of aromatic nitrogens is 1. The Morgan fingerprint density at radius 3 is 2.52 bits per heavy atom. The molecule has 1 radical (unpaired) electrons. The van der Waals surface area contributed by atoms with Crippen LogP contribution in [-0.2, 0) is 39.3 Å². The Labute approximate surface area is 166 Å². The van der Waals surface area contributed by atoms with Crippen LogP contribution in [0, 0.1) is 6.07 Å². The van der Waals surface area contributed by atoms with E-state index in [4.69, 9.17) is 4.74 Å². The van der Waals surface area contributed by atoms with E-state index in [2.05, 4.69) is 37.9 Å².